The van der Waals surface area contributed by atoms with Crippen LogP contribution in [0.1, 0.15) is 19.4 Å². The molecule has 1 aliphatic carbocycles. The molecule has 28 heavy (non-hydrogen) atoms. The van der Waals surface area contributed by atoms with Crippen LogP contribution in [0.2, 0.25) is 0 Å². The minimum Gasteiger partial charge on any atom is -0.550 e. The molecule has 0 aromatic heterocycles. The first kappa shape index (κ1) is 21.9. The van der Waals surface area contributed by atoms with Gasteiger partial charge in [0.2, 0.25) is 0 Å². The quantitative estimate of drug-likeness (QED) is 0.416. The third-order valence-corrected chi connectivity index (χ3v) is 9.03. The molecule has 3 rings (SSSR count). The molecular weight excluding hydrogens is 531 g/mol. The lowest BCUT2D eigenvalue weighted by atomic mass is 9.88. The van der Waals surface area contributed by atoms with Crippen molar-refractivity contribution >= 4 is 61.0 Å². The number of aliphatic carboxylic acids is 1. The summed E-state index contributed by atoms with van der Waals surface area (Å²) in [5, 5.41) is 12.3. The number of ether oxygens (including phenoxy) is 1. The van der Waals surface area contributed by atoms with Crippen LogP contribution in [0, 0.1) is 16.7 Å². The number of benzene rings is 2. The molecule has 3 nitrogen and oxygen atoms in total. The van der Waals surface area contributed by atoms with Gasteiger partial charge >= 0.3 is 0 Å². The summed E-state index contributed by atoms with van der Waals surface area (Å²) in [5.74, 6) is -0.0654. The number of alkyl halides is 4. The number of hydrogen-bond acceptors (Lipinski definition) is 3. The van der Waals surface area contributed by atoms with Gasteiger partial charge in [-0.3, -0.25) is 0 Å². The number of rotatable bonds is 7. The maximum absolute atomic E-state index is 12.3. The first-order valence-electron chi connectivity index (χ1n) is 8.74. The van der Waals surface area contributed by atoms with Crippen molar-refractivity contribution in [3.63, 3.8) is 0 Å². The van der Waals surface area contributed by atoms with Gasteiger partial charge in [0.25, 0.3) is 0 Å². The lowest BCUT2D eigenvalue weighted by Crippen LogP contribution is -2.39. The summed E-state index contributed by atoms with van der Waals surface area (Å²) in [5.41, 5.74) is -0.814. The van der Waals surface area contributed by atoms with Gasteiger partial charge in [0, 0.05) is 11.4 Å². The summed E-state index contributed by atoms with van der Waals surface area (Å²) in [7, 11) is 0. The Hall–Kier alpha value is -0.750. The van der Waals surface area contributed by atoms with E-state index < -0.39 is 24.9 Å². The van der Waals surface area contributed by atoms with E-state index in [9.17, 15) is 9.90 Å². The van der Waals surface area contributed by atoms with E-state index in [4.69, 9.17) is 27.9 Å². The number of carboxylic acid groups (broad SMARTS) is 1. The third kappa shape index (κ3) is 3.96. The Balaban J connectivity index is 1.88. The first-order chi connectivity index (χ1) is 13.0. The van der Waals surface area contributed by atoms with Crippen molar-refractivity contribution in [2.75, 3.05) is 0 Å². The Labute approximate surface area is 191 Å². The third-order valence-electron chi connectivity index (χ3n) is 5.70. The zero-order valence-corrected chi connectivity index (χ0v) is 20.0. The summed E-state index contributed by atoms with van der Waals surface area (Å²) in [6.07, 6.45) is 0.290. The van der Waals surface area contributed by atoms with Crippen molar-refractivity contribution in [2.45, 2.75) is 28.3 Å². The Bertz CT molecular complexity index is 867. The van der Waals surface area contributed by atoms with Gasteiger partial charge in [0.15, 0.2) is 3.24 Å². The SMILES string of the molecule is CC1(C)C([C@@H](Br)C(Cl)(Cl)Br)[C@@]1(Cc1cccc(Oc2ccccc2)c1)C(=O)[O-]. The molecule has 150 valence electrons. The van der Waals surface area contributed by atoms with Gasteiger partial charge in [0.1, 0.15) is 11.5 Å². The van der Waals surface area contributed by atoms with Gasteiger partial charge in [-0.15, -0.1) is 0 Å². The predicted molar refractivity (Wildman–Crippen MR) is 117 cm³/mol. The molecule has 1 aliphatic rings. The van der Waals surface area contributed by atoms with E-state index in [-0.39, 0.29) is 12.3 Å². The number of halogens is 4. The molecule has 0 radical (unpaired) electrons. The molecule has 0 N–H and O–H groups in total. The van der Waals surface area contributed by atoms with Crippen molar-refractivity contribution in [1.29, 1.82) is 0 Å². The highest BCUT2D eigenvalue weighted by Gasteiger charge is 2.75. The summed E-state index contributed by atoms with van der Waals surface area (Å²) >= 11 is 19.1. The van der Waals surface area contributed by atoms with Gasteiger partial charge in [0.05, 0.1) is 4.83 Å². The monoisotopic (exact) mass is 547 g/mol. The second-order valence-electron chi connectivity index (χ2n) is 7.64. The molecule has 0 bridgehead atoms. The van der Waals surface area contributed by atoms with E-state index in [0.29, 0.717) is 11.5 Å². The Kier molecular flexibility index (Phi) is 6.13. The van der Waals surface area contributed by atoms with Crippen molar-refractivity contribution < 1.29 is 14.6 Å². The molecule has 0 spiro atoms. The fourth-order valence-corrected chi connectivity index (χ4v) is 5.79. The molecule has 0 amide bonds. The maximum Gasteiger partial charge on any atom is 0.184 e. The van der Waals surface area contributed by atoms with Crippen LogP contribution in [0.4, 0.5) is 0 Å². The van der Waals surface area contributed by atoms with Crippen molar-refractivity contribution in [2.24, 2.45) is 16.7 Å². The first-order valence-corrected chi connectivity index (χ1v) is 11.2. The summed E-state index contributed by atoms with van der Waals surface area (Å²) < 4.78 is 4.59. The molecule has 2 aromatic rings. The lowest BCUT2D eigenvalue weighted by Gasteiger charge is -2.25. The van der Waals surface area contributed by atoms with Crippen LogP contribution in [0.3, 0.4) is 0 Å². The largest absolute Gasteiger partial charge is 0.550 e. The smallest absolute Gasteiger partial charge is 0.184 e. The minimum absolute atomic E-state index is 0.290. The number of para-hydroxylation sites is 1. The van der Waals surface area contributed by atoms with Crippen molar-refractivity contribution in [1.82, 2.24) is 0 Å². The van der Waals surface area contributed by atoms with E-state index in [1.165, 1.54) is 0 Å². The van der Waals surface area contributed by atoms with Crippen LogP contribution < -0.4 is 9.84 Å². The second kappa shape index (κ2) is 7.82. The molecule has 1 unspecified atom stereocenters. The minimum atomic E-state index is -1.29. The standard InChI is InChI=1S/C21H20Br2Cl2O3/c1-19(2)16(17(22)21(23,24)25)20(19,18(26)27)12-13-7-6-10-15(11-13)28-14-8-4-3-5-9-14/h3-11,16-17H,12H2,1-2H3,(H,26,27)/p-1/t16?,17-,20+/m1/s1. The summed E-state index contributed by atoms with van der Waals surface area (Å²) in [6, 6.07) is 16.9. The van der Waals surface area contributed by atoms with Crippen LogP contribution >= 0.6 is 55.1 Å². The number of carbonyl (C=O) groups is 1. The molecule has 7 heteroatoms. The molecule has 0 heterocycles. The zero-order valence-electron chi connectivity index (χ0n) is 15.3. The van der Waals surface area contributed by atoms with Gasteiger partial charge in [-0.25, -0.2) is 0 Å². The van der Waals surface area contributed by atoms with Crippen LogP contribution in [-0.2, 0) is 11.2 Å². The van der Waals surface area contributed by atoms with Gasteiger partial charge in [-0.05, 0) is 63.5 Å². The Morgan fingerprint density at radius 1 is 1.18 bits per heavy atom. The average molecular weight is 550 g/mol. The zero-order chi connectivity index (χ0) is 20.7. The van der Waals surface area contributed by atoms with E-state index in [1.54, 1.807) is 0 Å². The van der Waals surface area contributed by atoms with E-state index in [2.05, 4.69) is 31.9 Å². The molecule has 0 saturated heterocycles. The van der Waals surface area contributed by atoms with E-state index in [1.807, 2.05) is 68.4 Å². The average Bonchev–Trinajstić information content (AvgIpc) is 3.10. The van der Waals surface area contributed by atoms with Crippen LogP contribution in [0.5, 0.6) is 11.5 Å². The highest BCUT2D eigenvalue weighted by atomic mass is 79.9. The molecule has 1 fully saturated rings. The van der Waals surface area contributed by atoms with Crippen LogP contribution in [0.15, 0.2) is 54.6 Å². The Morgan fingerprint density at radius 3 is 2.36 bits per heavy atom. The van der Waals surface area contributed by atoms with E-state index in [0.717, 1.165) is 5.56 Å². The number of carboxylic acids is 1. The summed E-state index contributed by atoms with van der Waals surface area (Å²) in [6.45, 7) is 3.80. The van der Waals surface area contributed by atoms with E-state index >= 15 is 0 Å². The van der Waals surface area contributed by atoms with Crippen LogP contribution in [0.25, 0.3) is 0 Å². The van der Waals surface area contributed by atoms with Gasteiger partial charge in [-0.1, -0.05) is 83.3 Å². The van der Waals surface area contributed by atoms with Crippen LogP contribution in [-0.4, -0.2) is 14.0 Å². The highest BCUT2D eigenvalue weighted by Crippen LogP contribution is 2.74. The Morgan fingerprint density at radius 2 is 1.79 bits per heavy atom. The normalized spacial score (nSPS) is 24.4. The molecule has 1 saturated carbocycles. The maximum atomic E-state index is 12.3. The molecule has 2 aromatic carbocycles. The second-order valence-corrected chi connectivity index (χ2v) is 12.2. The topological polar surface area (TPSA) is 49.4 Å². The number of hydrogen-bond donors (Lipinski definition) is 0. The highest BCUT2D eigenvalue weighted by molar-refractivity contribution is 9.13. The summed E-state index contributed by atoms with van der Waals surface area (Å²) in [4.78, 5) is 11.8. The van der Waals surface area contributed by atoms with Gasteiger partial charge < -0.3 is 14.6 Å². The lowest BCUT2D eigenvalue weighted by molar-refractivity contribution is -0.315. The molecular formula is C21H19Br2Cl2O3-. The fourth-order valence-electron chi connectivity index (χ4n) is 4.17. The fraction of sp³-hybridized carbons (Fsp3) is 0.381. The number of carbonyl (C=O) groups excluding carboxylic acids is 1. The van der Waals surface area contributed by atoms with Gasteiger partial charge in [-0.2, -0.15) is 0 Å². The predicted octanol–water partition coefficient (Wildman–Crippen LogP) is 5.70. The molecule has 0 aliphatic heterocycles. The molecule has 3 atom stereocenters. The van der Waals surface area contributed by atoms with Crippen molar-refractivity contribution in [3.05, 3.63) is 60.2 Å². The van der Waals surface area contributed by atoms with Crippen molar-refractivity contribution in [3.8, 4) is 11.5 Å².